The van der Waals surface area contributed by atoms with E-state index in [4.69, 9.17) is 16.3 Å². The van der Waals surface area contributed by atoms with Gasteiger partial charge in [0.05, 0.1) is 39.8 Å². The van der Waals surface area contributed by atoms with E-state index in [0.29, 0.717) is 17.1 Å². The second kappa shape index (κ2) is 12.4. The summed E-state index contributed by atoms with van der Waals surface area (Å²) in [4.78, 5) is 30.3. The molecule has 34 heavy (non-hydrogen) atoms. The lowest BCUT2D eigenvalue weighted by molar-refractivity contribution is -0.153. The number of halogens is 1. The van der Waals surface area contributed by atoms with Gasteiger partial charge in [-0.2, -0.15) is 0 Å². The van der Waals surface area contributed by atoms with Crippen LogP contribution < -0.4 is 0 Å². The fourth-order valence-corrected chi connectivity index (χ4v) is 5.02. The number of ketones is 1. The van der Waals surface area contributed by atoms with Gasteiger partial charge in [-0.1, -0.05) is 50.9 Å². The molecule has 5 atom stereocenters. The van der Waals surface area contributed by atoms with E-state index in [1.807, 2.05) is 32.2 Å². The quantitative estimate of drug-likeness (QED) is 0.405. The van der Waals surface area contributed by atoms with Crippen molar-refractivity contribution in [2.45, 2.75) is 92.0 Å². The summed E-state index contributed by atoms with van der Waals surface area (Å²) in [6.07, 6.45) is 3.42. The number of carbonyl (C=O) groups excluding carboxylic acids is 2. The van der Waals surface area contributed by atoms with Crippen LogP contribution in [0, 0.1) is 24.2 Å². The number of hydrogen-bond acceptors (Lipinski definition) is 7. The monoisotopic (exact) mass is 511 g/mol. The Bertz CT molecular complexity index is 922. The topological polar surface area (TPSA) is 96.7 Å². The molecule has 2 rings (SSSR count). The van der Waals surface area contributed by atoms with Gasteiger partial charge >= 0.3 is 5.97 Å². The predicted octanol–water partition coefficient (Wildman–Crippen LogP) is 5.44. The maximum atomic E-state index is 13.1. The van der Waals surface area contributed by atoms with Crippen molar-refractivity contribution in [1.29, 1.82) is 0 Å². The molecule has 0 spiro atoms. The number of Topliss-reactive ketones (excluding diaryl/α,β-unsaturated/α-hetero) is 1. The summed E-state index contributed by atoms with van der Waals surface area (Å²) in [5, 5.41) is 24.7. The maximum absolute atomic E-state index is 13.1. The molecule has 0 amide bonds. The zero-order chi connectivity index (χ0) is 25.6. The maximum Gasteiger partial charge on any atom is 0.309 e. The molecule has 0 aromatic carbocycles. The smallest absolute Gasteiger partial charge is 0.309 e. The highest BCUT2D eigenvalue weighted by Crippen LogP contribution is 2.32. The number of nitrogens with zero attached hydrogens (tertiary/aromatic N) is 1. The SMILES string of the molecule is CC1=CC[C@@H](C(Cl)=Cc2csc(C)n2)OC(=O)C[C@H](O)C(C)(C)C(=O)[C@H](C)[C@@H](O)[C@@H](C)CCC1. The molecule has 0 aliphatic carbocycles. The molecule has 0 saturated heterocycles. The highest BCUT2D eigenvalue weighted by molar-refractivity contribution is 7.09. The number of cyclic esters (lactones) is 1. The van der Waals surface area contributed by atoms with Gasteiger partial charge in [-0.05, 0) is 45.1 Å². The standard InChI is InChI=1S/C26H38ClNO5S/c1-15-8-7-9-16(2)24(31)17(3)25(32)26(5,6)22(29)13-23(30)33-21(11-10-15)20(27)12-19-14-34-18(4)28-19/h10,12,14,16-17,21-22,24,29,31H,7-9,11,13H2,1-6H3/t16-,17+,21-,22-,24-/m0/s1. The van der Waals surface area contributed by atoms with Crippen LogP contribution in [0.25, 0.3) is 6.08 Å². The first-order valence-electron chi connectivity index (χ1n) is 11.9. The number of aryl methyl sites for hydroxylation is 1. The van der Waals surface area contributed by atoms with E-state index < -0.39 is 35.6 Å². The zero-order valence-electron chi connectivity index (χ0n) is 21.0. The van der Waals surface area contributed by atoms with E-state index in [-0.39, 0.29) is 18.1 Å². The third-order valence-corrected chi connectivity index (χ3v) is 7.90. The number of ether oxygens (including phenoxy) is 1. The number of thiazole rings is 1. The molecule has 2 N–H and O–H groups in total. The highest BCUT2D eigenvalue weighted by atomic mass is 35.5. The Labute approximate surface area is 212 Å². The van der Waals surface area contributed by atoms with Crippen LogP contribution in [0.3, 0.4) is 0 Å². The average molecular weight is 512 g/mol. The Balaban J connectivity index is 2.33. The molecule has 0 saturated carbocycles. The van der Waals surface area contributed by atoms with Crippen molar-refractivity contribution in [2.24, 2.45) is 17.3 Å². The normalized spacial score (nSPS) is 30.6. The summed E-state index contributed by atoms with van der Waals surface area (Å²) in [5.41, 5.74) is 0.610. The van der Waals surface area contributed by atoms with Crippen LogP contribution in [0.2, 0.25) is 0 Å². The molecule has 2 heterocycles. The van der Waals surface area contributed by atoms with Crippen molar-refractivity contribution >= 4 is 40.8 Å². The third kappa shape index (κ3) is 7.74. The van der Waals surface area contributed by atoms with E-state index in [9.17, 15) is 19.8 Å². The summed E-state index contributed by atoms with van der Waals surface area (Å²) in [6.45, 7) is 10.8. The molecule has 0 fully saturated rings. The number of aliphatic hydroxyl groups excluding tert-OH is 2. The van der Waals surface area contributed by atoms with E-state index in [1.54, 1.807) is 26.8 Å². The minimum absolute atomic E-state index is 0.0655. The van der Waals surface area contributed by atoms with Crippen molar-refractivity contribution in [3.8, 4) is 0 Å². The first kappa shape index (κ1) is 28.7. The minimum atomic E-state index is -1.26. The summed E-state index contributed by atoms with van der Waals surface area (Å²) in [5.74, 6) is -1.64. The van der Waals surface area contributed by atoms with Gasteiger partial charge in [0, 0.05) is 17.7 Å². The number of carbonyl (C=O) groups is 2. The van der Waals surface area contributed by atoms with Crippen molar-refractivity contribution in [3.63, 3.8) is 0 Å². The molecule has 1 aliphatic rings. The molecule has 190 valence electrons. The Hall–Kier alpha value is -1.54. The van der Waals surface area contributed by atoms with E-state index >= 15 is 0 Å². The summed E-state index contributed by atoms with van der Waals surface area (Å²) in [6, 6.07) is 0. The van der Waals surface area contributed by atoms with Crippen LogP contribution in [-0.2, 0) is 14.3 Å². The number of rotatable bonds is 2. The van der Waals surface area contributed by atoms with E-state index in [0.717, 1.165) is 29.8 Å². The van der Waals surface area contributed by atoms with Gasteiger partial charge in [0.25, 0.3) is 0 Å². The number of aromatic nitrogens is 1. The lowest BCUT2D eigenvalue weighted by atomic mass is 9.73. The predicted molar refractivity (Wildman–Crippen MR) is 137 cm³/mol. The Morgan fingerprint density at radius 2 is 1.94 bits per heavy atom. The minimum Gasteiger partial charge on any atom is -0.456 e. The first-order chi connectivity index (χ1) is 15.8. The Morgan fingerprint density at radius 1 is 1.26 bits per heavy atom. The van der Waals surface area contributed by atoms with Gasteiger partial charge in [0.2, 0.25) is 0 Å². The van der Waals surface area contributed by atoms with Gasteiger partial charge in [0.1, 0.15) is 11.9 Å². The molecule has 0 unspecified atom stereocenters. The molecular weight excluding hydrogens is 474 g/mol. The molecule has 1 aromatic heterocycles. The van der Waals surface area contributed by atoms with Gasteiger partial charge < -0.3 is 14.9 Å². The molecule has 6 nitrogen and oxygen atoms in total. The van der Waals surface area contributed by atoms with E-state index in [1.165, 1.54) is 11.3 Å². The number of allylic oxidation sites excluding steroid dienone is 1. The summed E-state index contributed by atoms with van der Waals surface area (Å²) >= 11 is 8.06. The first-order valence-corrected chi connectivity index (χ1v) is 13.1. The molecule has 1 aromatic rings. The van der Waals surface area contributed by atoms with Gasteiger partial charge in [-0.3, -0.25) is 9.59 Å². The lowest BCUT2D eigenvalue weighted by Crippen LogP contribution is -2.45. The van der Waals surface area contributed by atoms with Crippen LogP contribution in [0.5, 0.6) is 0 Å². The molecule has 1 aliphatic heterocycles. The van der Waals surface area contributed by atoms with Crippen LogP contribution in [0.4, 0.5) is 0 Å². The lowest BCUT2D eigenvalue weighted by Gasteiger charge is -2.34. The van der Waals surface area contributed by atoms with Gasteiger partial charge in [0.15, 0.2) is 0 Å². The molecular formula is C26H38ClNO5S. The fraction of sp³-hybridized carbons (Fsp3) is 0.654. The molecule has 8 heteroatoms. The number of esters is 1. The third-order valence-electron chi connectivity index (χ3n) is 6.75. The zero-order valence-corrected chi connectivity index (χ0v) is 22.6. The van der Waals surface area contributed by atoms with Crippen molar-refractivity contribution in [3.05, 3.63) is 32.8 Å². The largest absolute Gasteiger partial charge is 0.456 e. The van der Waals surface area contributed by atoms with Crippen LogP contribution in [0.1, 0.15) is 77.4 Å². The number of aliphatic hydroxyl groups is 2. The average Bonchev–Trinajstić information content (AvgIpc) is 3.18. The second-order valence-electron chi connectivity index (χ2n) is 10.0. The summed E-state index contributed by atoms with van der Waals surface area (Å²) < 4.78 is 5.68. The van der Waals surface area contributed by atoms with Gasteiger partial charge in [-0.15, -0.1) is 11.3 Å². The molecule has 0 radical (unpaired) electrons. The Kier molecular flexibility index (Phi) is 10.5. The van der Waals surface area contributed by atoms with Crippen LogP contribution >= 0.6 is 22.9 Å². The fourth-order valence-electron chi connectivity index (χ4n) is 4.20. The Morgan fingerprint density at radius 3 is 2.56 bits per heavy atom. The highest BCUT2D eigenvalue weighted by Gasteiger charge is 2.42. The van der Waals surface area contributed by atoms with Gasteiger partial charge in [-0.25, -0.2) is 4.98 Å². The van der Waals surface area contributed by atoms with Crippen LogP contribution in [0.15, 0.2) is 22.1 Å². The molecule has 0 bridgehead atoms. The van der Waals surface area contributed by atoms with Crippen molar-refractivity contribution in [1.82, 2.24) is 4.98 Å². The number of hydrogen-bond donors (Lipinski definition) is 2. The van der Waals surface area contributed by atoms with E-state index in [2.05, 4.69) is 4.98 Å². The summed E-state index contributed by atoms with van der Waals surface area (Å²) in [7, 11) is 0. The van der Waals surface area contributed by atoms with Crippen molar-refractivity contribution in [2.75, 3.05) is 0 Å². The second-order valence-corrected chi connectivity index (χ2v) is 11.5. The van der Waals surface area contributed by atoms with Crippen LogP contribution in [-0.4, -0.2) is 45.3 Å². The van der Waals surface area contributed by atoms with Crippen molar-refractivity contribution < 1.29 is 24.5 Å².